The molecule has 0 fully saturated rings. The van der Waals surface area contributed by atoms with Crippen LogP contribution in [0, 0.1) is 0 Å². The smallest absolute Gasteiger partial charge is 0.230 e. The maximum Gasteiger partial charge on any atom is 0.230 e. The zero-order valence-electron chi connectivity index (χ0n) is 8.38. The van der Waals surface area contributed by atoms with Crippen LogP contribution < -0.4 is 5.32 Å². The van der Waals surface area contributed by atoms with Crippen LogP contribution in [-0.2, 0) is 4.79 Å². The van der Waals surface area contributed by atoms with Crippen LogP contribution in [0.25, 0.3) is 0 Å². The predicted molar refractivity (Wildman–Crippen MR) is 56.9 cm³/mol. The second kappa shape index (κ2) is 8.38. The zero-order chi connectivity index (χ0) is 10.1. The van der Waals surface area contributed by atoms with Gasteiger partial charge in [-0.1, -0.05) is 20.3 Å². The normalized spacial score (nSPS) is 12.5. The fourth-order valence-corrected chi connectivity index (χ4v) is 1.37. The van der Waals surface area contributed by atoms with Crippen molar-refractivity contribution in [3.05, 3.63) is 0 Å². The predicted octanol–water partition coefficient (Wildman–Crippen LogP) is 1.02. The highest BCUT2D eigenvalue weighted by Crippen LogP contribution is 2.08. The number of hydrogen-bond acceptors (Lipinski definition) is 3. The molecule has 0 aromatic rings. The lowest BCUT2D eigenvalue weighted by Gasteiger charge is -2.07. The van der Waals surface area contributed by atoms with Crippen LogP contribution in [0.1, 0.15) is 26.7 Å². The molecule has 0 aliphatic rings. The SMILES string of the molecule is CCCCNC(=O)CSC(C)CO. The van der Waals surface area contributed by atoms with Crippen LogP contribution in [0.4, 0.5) is 0 Å². The molecule has 0 bridgehead atoms. The van der Waals surface area contributed by atoms with E-state index in [-0.39, 0.29) is 17.8 Å². The monoisotopic (exact) mass is 205 g/mol. The molecule has 0 aliphatic carbocycles. The lowest BCUT2D eigenvalue weighted by atomic mass is 10.3. The molecule has 0 saturated heterocycles. The first-order valence-corrected chi connectivity index (χ1v) is 5.74. The summed E-state index contributed by atoms with van der Waals surface area (Å²) in [5, 5.41) is 11.7. The van der Waals surface area contributed by atoms with Gasteiger partial charge in [0.25, 0.3) is 0 Å². The lowest BCUT2D eigenvalue weighted by molar-refractivity contribution is -0.118. The molecule has 3 nitrogen and oxygen atoms in total. The number of aliphatic hydroxyl groups excluding tert-OH is 1. The summed E-state index contributed by atoms with van der Waals surface area (Å²) in [6, 6.07) is 0. The topological polar surface area (TPSA) is 49.3 Å². The molecule has 0 aromatic heterocycles. The van der Waals surface area contributed by atoms with Gasteiger partial charge in [0.2, 0.25) is 5.91 Å². The Hall–Kier alpha value is -0.220. The number of nitrogens with one attached hydrogen (secondary N) is 1. The number of carbonyl (C=O) groups is 1. The summed E-state index contributed by atoms with van der Waals surface area (Å²) in [4.78, 5) is 11.1. The number of rotatable bonds is 7. The summed E-state index contributed by atoms with van der Waals surface area (Å²) in [6.07, 6.45) is 2.13. The third-order valence-corrected chi connectivity index (χ3v) is 2.76. The average molecular weight is 205 g/mol. The van der Waals surface area contributed by atoms with E-state index in [2.05, 4.69) is 12.2 Å². The van der Waals surface area contributed by atoms with Crippen LogP contribution in [0.3, 0.4) is 0 Å². The molecule has 1 atom stereocenters. The second-order valence-electron chi connectivity index (χ2n) is 3.01. The summed E-state index contributed by atoms with van der Waals surface area (Å²) in [6.45, 7) is 4.90. The van der Waals surface area contributed by atoms with Gasteiger partial charge in [-0.05, 0) is 6.42 Å². The van der Waals surface area contributed by atoms with E-state index in [9.17, 15) is 4.79 Å². The van der Waals surface area contributed by atoms with Crippen LogP contribution in [0.5, 0.6) is 0 Å². The summed E-state index contributed by atoms with van der Waals surface area (Å²) in [7, 11) is 0. The van der Waals surface area contributed by atoms with E-state index in [1.165, 1.54) is 11.8 Å². The highest BCUT2D eigenvalue weighted by molar-refractivity contribution is 8.00. The molecule has 4 heteroatoms. The molecular weight excluding hydrogens is 186 g/mol. The number of thioether (sulfide) groups is 1. The summed E-state index contributed by atoms with van der Waals surface area (Å²) >= 11 is 1.48. The van der Waals surface area contributed by atoms with E-state index >= 15 is 0 Å². The van der Waals surface area contributed by atoms with Gasteiger partial charge in [0.15, 0.2) is 0 Å². The molecule has 0 radical (unpaired) electrons. The Labute approximate surface area is 84.3 Å². The Morgan fingerprint density at radius 3 is 2.85 bits per heavy atom. The Kier molecular flexibility index (Phi) is 8.24. The fourth-order valence-electron chi connectivity index (χ4n) is 0.726. The van der Waals surface area contributed by atoms with Gasteiger partial charge in [-0.2, -0.15) is 0 Å². The Morgan fingerprint density at radius 2 is 2.31 bits per heavy atom. The number of carbonyl (C=O) groups excluding carboxylic acids is 1. The minimum atomic E-state index is 0.0683. The zero-order valence-corrected chi connectivity index (χ0v) is 9.19. The van der Waals surface area contributed by atoms with E-state index in [1.54, 1.807) is 0 Å². The van der Waals surface area contributed by atoms with Crippen LogP contribution in [0.15, 0.2) is 0 Å². The van der Waals surface area contributed by atoms with Crippen molar-refractivity contribution in [1.82, 2.24) is 5.32 Å². The molecule has 0 heterocycles. The maximum atomic E-state index is 11.1. The minimum absolute atomic E-state index is 0.0683. The van der Waals surface area contributed by atoms with Gasteiger partial charge >= 0.3 is 0 Å². The van der Waals surface area contributed by atoms with Crippen molar-refractivity contribution in [1.29, 1.82) is 0 Å². The third kappa shape index (κ3) is 8.12. The quantitative estimate of drug-likeness (QED) is 0.610. The van der Waals surface area contributed by atoms with Crippen molar-refractivity contribution in [2.45, 2.75) is 31.9 Å². The van der Waals surface area contributed by atoms with Crippen molar-refractivity contribution in [2.24, 2.45) is 0 Å². The van der Waals surface area contributed by atoms with Crippen LogP contribution in [0.2, 0.25) is 0 Å². The minimum Gasteiger partial charge on any atom is -0.395 e. The van der Waals surface area contributed by atoms with Crippen LogP contribution in [-0.4, -0.2) is 35.2 Å². The summed E-state index contributed by atoms with van der Waals surface area (Å²) in [5.41, 5.74) is 0. The van der Waals surface area contributed by atoms with E-state index in [4.69, 9.17) is 5.11 Å². The Morgan fingerprint density at radius 1 is 1.62 bits per heavy atom. The van der Waals surface area contributed by atoms with E-state index < -0.39 is 0 Å². The molecular formula is C9H19NO2S. The summed E-state index contributed by atoms with van der Waals surface area (Å²) in [5.74, 6) is 0.518. The highest BCUT2D eigenvalue weighted by Gasteiger charge is 2.04. The molecule has 0 saturated carbocycles. The molecule has 1 unspecified atom stereocenters. The largest absolute Gasteiger partial charge is 0.395 e. The van der Waals surface area contributed by atoms with Crippen LogP contribution >= 0.6 is 11.8 Å². The third-order valence-electron chi connectivity index (χ3n) is 1.61. The standard InChI is InChI=1S/C9H19NO2S/c1-3-4-5-10-9(12)7-13-8(2)6-11/h8,11H,3-7H2,1-2H3,(H,10,12). The van der Waals surface area contributed by atoms with Gasteiger partial charge in [-0.25, -0.2) is 0 Å². The van der Waals surface area contributed by atoms with Gasteiger partial charge in [-0.15, -0.1) is 11.8 Å². The second-order valence-corrected chi connectivity index (χ2v) is 4.43. The molecule has 2 N–H and O–H groups in total. The number of hydrogen-bond donors (Lipinski definition) is 2. The summed E-state index contributed by atoms with van der Waals surface area (Å²) < 4.78 is 0. The van der Waals surface area contributed by atoms with Crippen molar-refractivity contribution < 1.29 is 9.90 Å². The van der Waals surface area contributed by atoms with Gasteiger partial charge < -0.3 is 10.4 Å². The Balaban J connectivity index is 3.30. The van der Waals surface area contributed by atoms with E-state index in [0.717, 1.165) is 19.4 Å². The van der Waals surface area contributed by atoms with E-state index in [1.807, 2.05) is 6.92 Å². The fraction of sp³-hybridized carbons (Fsp3) is 0.889. The first kappa shape index (κ1) is 12.8. The van der Waals surface area contributed by atoms with Crippen molar-refractivity contribution in [3.63, 3.8) is 0 Å². The number of aliphatic hydroxyl groups is 1. The van der Waals surface area contributed by atoms with Gasteiger partial charge in [0.1, 0.15) is 0 Å². The van der Waals surface area contributed by atoms with Gasteiger partial charge in [-0.3, -0.25) is 4.79 Å². The maximum absolute atomic E-state index is 11.1. The molecule has 0 aliphatic heterocycles. The van der Waals surface area contributed by atoms with Gasteiger partial charge in [0, 0.05) is 11.8 Å². The number of unbranched alkanes of at least 4 members (excludes halogenated alkanes) is 1. The first-order chi connectivity index (χ1) is 6.20. The Bertz CT molecular complexity index is 142. The van der Waals surface area contributed by atoms with E-state index in [0.29, 0.717) is 5.75 Å². The first-order valence-electron chi connectivity index (χ1n) is 4.69. The van der Waals surface area contributed by atoms with Crippen molar-refractivity contribution in [2.75, 3.05) is 18.9 Å². The van der Waals surface area contributed by atoms with Crippen molar-refractivity contribution in [3.8, 4) is 0 Å². The van der Waals surface area contributed by atoms with Gasteiger partial charge in [0.05, 0.1) is 12.4 Å². The lowest BCUT2D eigenvalue weighted by Crippen LogP contribution is -2.27. The highest BCUT2D eigenvalue weighted by atomic mass is 32.2. The molecule has 78 valence electrons. The van der Waals surface area contributed by atoms with Crippen molar-refractivity contribution >= 4 is 17.7 Å². The molecule has 1 amide bonds. The molecule has 0 rings (SSSR count). The molecule has 13 heavy (non-hydrogen) atoms. The molecule has 0 spiro atoms. The molecule has 0 aromatic carbocycles. The average Bonchev–Trinajstić information content (AvgIpc) is 2.14. The number of amides is 1.